The number of nitrogens with zero attached hydrogens (tertiary/aromatic N) is 1. The number of ether oxygens (including phenoxy) is 2. The van der Waals surface area contributed by atoms with Crippen molar-refractivity contribution in [2.75, 3.05) is 19.8 Å². The lowest BCUT2D eigenvalue weighted by atomic mass is 10.1. The molecular weight excluding hydrogens is 332 g/mol. The van der Waals surface area contributed by atoms with Crippen molar-refractivity contribution in [3.63, 3.8) is 0 Å². The minimum Gasteiger partial charge on any atom is -0.490 e. The zero-order valence-corrected chi connectivity index (χ0v) is 15.6. The van der Waals surface area contributed by atoms with Gasteiger partial charge < -0.3 is 19.4 Å². The summed E-state index contributed by atoms with van der Waals surface area (Å²) in [6.07, 6.45) is 2.35. The molecule has 2 aromatic rings. The van der Waals surface area contributed by atoms with E-state index in [0.717, 1.165) is 16.9 Å². The van der Waals surface area contributed by atoms with E-state index in [1.54, 1.807) is 12.3 Å². The molecule has 6 nitrogen and oxygen atoms in total. The first kappa shape index (κ1) is 19.6. The number of aryl methyl sites for hydroxylation is 1. The lowest BCUT2D eigenvalue weighted by molar-refractivity contribution is -0.121. The standard InChI is InChI=1S/C20H26N2O4/c1-4-25-17-8-7-16(12-18(17)26-5-2)10-11-21-19(23)14-22-13-15(3)6-9-20(22)24/h6-9,12-13H,4-5,10-11,14H2,1-3H3,(H,21,23). The van der Waals surface area contributed by atoms with Crippen LogP contribution in [0.15, 0.2) is 41.3 Å². The molecule has 1 aromatic heterocycles. The number of rotatable bonds is 9. The Labute approximate surface area is 153 Å². The number of pyridine rings is 1. The molecule has 0 aliphatic rings. The van der Waals surface area contributed by atoms with Crippen molar-refractivity contribution in [2.24, 2.45) is 0 Å². The highest BCUT2D eigenvalue weighted by atomic mass is 16.5. The fourth-order valence-electron chi connectivity index (χ4n) is 2.58. The lowest BCUT2D eigenvalue weighted by Gasteiger charge is -2.13. The highest BCUT2D eigenvalue weighted by Gasteiger charge is 2.08. The predicted octanol–water partition coefficient (Wildman–Crippen LogP) is 2.31. The van der Waals surface area contributed by atoms with Gasteiger partial charge in [0, 0.05) is 18.8 Å². The Bertz CT molecular complexity index is 799. The Morgan fingerprint density at radius 1 is 1.08 bits per heavy atom. The zero-order valence-electron chi connectivity index (χ0n) is 15.6. The topological polar surface area (TPSA) is 69.6 Å². The van der Waals surface area contributed by atoms with Crippen molar-refractivity contribution in [2.45, 2.75) is 33.7 Å². The predicted molar refractivity (Wildman–Crippen MR) is 101 cm³/mol. The molecule has 0 spiro atoms. The molecular formula is C20H26N2O4. The molecule has 0 saturated heterocycles. The van der Waals surface area contributed by atoms with Crippen LogP contribution in [0.2, 0.25) is 0 Å². The first-order valence-corrected chi connectivity index (χ1v) is 8.85. The Balaban J connectivity index is 1.90. The van der Waals surface area contributed by atoms with Crippen LogP contribution in [-0.4, -0.2) is 30.2 Å². The summed E-state index contributed by atoms with van der Waals surface area (Å²) in [5.41, 5.74) is 1.80. The number of amides is 1. The number of carbonyl (C=O) groups excluding carboxylic acids is 1. The van der Waals surface area contributed by atoms with Crippen LogP contribution in [0.25, 0.3) is 0 Å². The minimum absolute atomic E-state index is 0.0218. The van der Waals surface area contributed by atoms with E-state index in [1.807, 2.05) is 39.0 Å². The molecule has 0 bridgehead atoms. The van der Waals surface area contributed by atoms with Gasteiger partial charge in [-0.3, -0.25) is 9.59 Å². The molecule has 0 saturated carbocycles. The van der Waals surface area contributed by atoms with Gasteiger partial charge in [0.1, 0.15) is 6.54 Å². The van der Waals surface area contributed by atoms with E-state index in [4.69, 9.17) is 9.47 Å². The van der Waals surface area contributed by atoms with Gasteiger partial charge >= 0.3 is 0 Å². The summed E-state index contributed by atoms with van der Waals surface area (Å²) in [5, 5.41) is 2.85. The summed E-state index contributed by atoms with van der Waals surface area (Å²) >= 11 is 0. The van der Waals surface area contributed by atoms with Gasteiger partial charge in [-0.1, -0.05) is 12.1 Å². The van der Waals surface area contributed by atoms with Crippen molar-refractivity contribution in [1.29, 1.82) is 0 Å². The van der Waals surface area contributed by atoms with Gasteiger partial charge in [0.15, 0.2) is 11.5 Å². The van der Waals surface area contributed by atoms with Gasteiger partial charge in [0.05, 0.1) is 13.2 Å². The van der Waals surface area contributed by atoms with Crippen LogP contribution in [0.5, 0.6) is 11.5 Å². The smallest absolute Gasteiger partial charge is 0.251 e. The number of benzene rings is 1. The van der Waals surface area contributed by atoms with E-state index in [-0.39, 0.29) is 18.0 Å². The highest BCUT2D eigenvalue weighted by Crippen LogP contribution is 2.28. The van der Waals surface area contributed by atoms with Crippen LogP contribution < -0.4 is 20.3 Å². The molecule has 0 fully saturated rings. The molecule has 1 heterocycles. The third-order valence-corrected chi connectivity index (χ3v) is 3.79. The normalized spacial score (nSPS) is 10.4. The Hall–Kier alpha value is -2.76. The summed E-state index contributed by atoms with van der Waals surface area (Å²) in [5.74, 6) is 1.25. The quantitative estimate of drug-likeness (QED) is 0.747. The van der Waals surface area contributed by atoms with E-state index in [9.17, 15) is 9.59 Å². The summed E-state index contributed by atoms with van der Waals surface area (Å²) in [6.45, 7) is 7.39. The van der Waals surface area contributed by atoms with Gasteiger partial charge in [-0.05, 0) is 50.5 Å². The van der Waals surface area contributed by atoms with E-state index in [2.05, 4.69) is 5.32 Å². The average molecular weight is 358 g/mol. The van der Waals surface area contributed by atoms with Gasteiger partial charge in [-0.2, -0.15) is 0 Å². The van der Waals surface area contributed by atoms with Crippen LogP contribution in [0.4, 0.5) is 0 Å². The second-order valence-electron chi connectivity index (χ2n) is 5.92. The summed E-state index contributed by atoms with van der Waals surface area (Å²) < 4.78 is 12.6. The second-order valence-corrected chi connectivity index (χ2v) is 5.92. The molecule has 26 heavy (non-hydrogen) atoms. The van der Waals surface area contributed by atoms with Crippen LogP contribution in [0.1, 0.15) is 25.0 Å². The van der Waals surface area contributed by atoms with Gasteiger partial charge in [-0.25, -0.2) is 0 Å². The first-order chi connectivity index (χ1) is 12.5. The number of hydrogen-bond donors (Lipinski definition) is 1. The van der Waals surface area contributed by atoms with Crippen molar-refractivity contribution in [3.05, 3.63) is 58.0 Å². The number of aromatic nitrogens is 1. The number of hydrogen-bond acceptors (Lipinski definition) is 4. The molecule has 0 unspecified atom stereocenters. The maximum absolute atomic E-state index is 12.1. The van der Waals surface area contributed by atoms with Crippen molar-refractivity contribution in [3.8, 4) is 11.5 Å². The molecule has 6 heteroatoms. The second kappa shape index (κ2) is 9.65. The van der Waals surface area contributed by atoms with Crippen LogP contribution in [-0.2, 0) is 17.8 Å². The summed E-state index contributed by atoms with van der Waals surface area (Å²) in [4.78, 5) is 23.8. The zero-order chi connectivity index (χ0) is 18.9. The number of carbonyl (C=O) groups is 1. The first-order valence-electron chi connectivity index (χ1n) is 8.85. The average Bonchev–Trinajstić information content (AvgIpc) is 2.61. The molecule has 140 valence electrons. The summed E-state index contributed by atoms with van der Waals surface area (Å²) in [6, 6.07) is 8.99. The highest BCUT2D eigenvalue weighted by molar-refractivity contribution is 5.75. The van der Waals surface area contributed by atoms with E-state index < -0.39 is 0 Å². The maximum atomic E-state index is 12.1. The lowest BCUT2D eigenvalue weighted by Crippen LogP contribution is -2.33. The van der Waals surface area contributed by atoms with Gasteiger partial charge in [-0.15, -0.1) is 0 Å². The fraction of sp³-hybridized carbons (Fsp3) is 0.400. The SMILES string of the molecule is CCOc1ccc(CCNC(=O)Cn2cc(C)ccc2=O)cc1OCC. The molecule has 0 aliphatic carbocycles. The molecule has 1 amide bonds. The molecule has 2 rings (SSSR count). The van der Waals surface area contributed by atoms with Crippen molar-refractivity contribution in [1.82, 2.24) is 9.88 Å². The molecule has 1 aromatic carbocycles. The minimum atomic E-state index is -0.186. The van der Waals surface area contributed by atoms with Crippen LogP contribution >= 0.6 is 0 Å². The van der Waals surface area contributed by atoms with Crippen molar-refractivity contribution < 1.29 is 14.3 Å². The summed E-state index contributed by atoms with van der Waals surface area (Å²) in [7, 11) is 0. The third-order valence-electron chi connectivity index (χ3n) is 3.79. The van der Waals surface area contributed by atoms with Gasteiger partial charge in [0.2, 0.25) is 5.91 Å². The molecule has 0 atom stereocenters. The van der Waals surface area contributed by atoms with E-state index in [0.29, 0.717) is 31.9 Å². The fourth-order valence-corrected chi connectivity index (χ4v) is 2.58. The Kier molecular flexibility index (Phi) is 7.26. The molecule has 0 radical (unpaired) electrons. The Morgan fingerprint density at radius 3 is 2.54 bits per heavy atom. The van der Waals surface area contributed by atoms with E-state index >= 15 is 0 Å². The maximum Gasteiger partial charge on any atom is 0.251 e. The monoisotopic (exact) mass is 358 g/mol. The third kappa shape index (κ3) is 5.65. The van der Waals surface area contributed by atoms with E-state index in [1.165, 1.54) is 10.6 Å². The Morgan fingerprint density at radius 2 is 1.81 bits per heavy atom. The van der Waals surface area contributed by atoms with Gasteiger partial charge in [0.25, 0.3) is 5.56 Å². The van der Waals surface area contributed by atoms with Crippen LogP contribution in [0, 0.1) is 6.92 Å². The van der Waals surface area contributed by atoms with Crippen LogP contribution in [0.3, 0.4) is 0 Å². The largest absolute Gasteiger partial charge is 0.490 e. The van der Waals surface area contributed by atoms with Crippen molar-refractivity contribution >= 4 is 5.91 Å². The molecule has 1 N–H and O–H groups in total. The molecule has 0 aliphatic heterocycles. The number of nitrogens with one attached hydrogen (secondary N) is 1.